The van der Waals surface area contributed by atoms with Crippen LogP contribution in [0.15, 0.2) is 22.6 Å². The first-order valence-electron chi connectivity index (χ1n) is 5.54. The molecule has 0 saturated carbocycles. The number of aryl methyl sites for hydroxylation is 1. The van der Waals surface area contributed by atoms with Gasteiger partial charge in [0.2, 0.25) is 0 Å². The lowest BCUT2D eigenvalue weighted by Gasteiger charge is -2.21. The van der Waals surface area contributed by atoms with Gasteiger partial charge in [0.1, 0.15) is 11.6 Å². The number of anilines is 1. The summed E-state index contributed by atoms with van der Waals surface area (Å²) in [4.78, 5) is 16.7. The Hall–Kier alpha value is -2.08. The summed E-state index contributed by atoms with van der Waals surface area (Å²) in [5.41, 5.74) is 7.82. The average molecular weight is 249 g/mol. The molecule has 1 aromatic heterocycles. The SMILES string of the molecule is Cc1nc2cc(N(C)CC(N)C(=O)O)ccc2o1. The van der Waals surface area contributed by atoms with Crippen LogP contribution in [0.1, 0.15) is 5.89 Å². The molecule has 0 aliphatic heterocycles. The molecular formula is C12H15N3O3. The van der Waals surface area contributed by atoms with E-state index >= 15 is 0 Å². The third kappa shape index (κ3) is 2.43. The van der Waals surface area contributed by atoms with E-state index in [9.17, 15) is 4.79 Å². The van der Waals surface area contributed by atoms with Crippen LogP contribution in [0.3, 0.4) is 0 Å². The summed E-state index contributed by atoms with van der Waals surface area (Å²) >= 11 is 0. The van der Waals surface area contributed by atoms with Crippen molar-refractivity contribution in [3.8, 4) is 0 Å². The largest absolute Gasteiger partial charge is 0.480 e. The molecule has 3 N–H and O–H groups in total. The number of rotatable bonds is 4. The van der Waals surface area contributed by atoms with Gasteiger partial charge in [0.05, 0.1) is 0 Å². The van der Waals surface area contributed by atoms with Crippen molar-refractivity contribution < 1.29 is 14.3 Å². The maximum absolute atomic E-state index is 10.7. The first-order chi connectivity index (χ1) is 8.47. The molecule has 0 aliphatic carbocycles. The van der Waals surface area contributed by atoms with E-state index in [4.69, 9.17) is 15.3 Å². The van der Waals surface area contributed by atoms with Crippen molar-refractivity contribution in [1.29, 1.82) is 0 Å². The van der Waals surface area contributed by atoms with E-state index in [0.717, 1.165) is 11.2 Å². The molecule has 0 radical (unpaired) electrons. The molecule has 0 amide bonds. The van der Waals surface area contributed by atoms with Gasteiger partial charge in [0.15, 0.2) is 11.5 Å². The second-order valence-electron chi connectivity index (χ2n) is 4.21. The van der Waals surface area contributed by atoms with E-state index in [-0.39, 0.29) is 6.54 Å². The number of nitrogens with zero attached hydrogens (tertiary/aromatic N) is 2. The Labute approximate surface area is 104 Å². The molecule has 1 unspecified atom stereocenters. The normalized spacial score (nSPS) is 12.6. The molecule has 0 saturated heterocycles. The number of aromatic nitrogens is 1. The summed E-state index contributed by atoms with van der Waals surface area (Å²) in [6.45, 7) is 2.02. The molecule has 0 fully saturated rings. The van der Waals surface area contributed by atoms with Gasteiger partial charge in [-0.25, -0.2) is 4.98 Å². The van der Waals surface area contributed by atoms with E-state index in [1.807, 2.05) is 18.2 Å². The monoisotopic (exact) mass is 249 g/mol. The smallest absolute Gasteiger partial charge is 0.322 e. The number of hydrogen-bond acceptors (Lipinski definition) is 5. The molecule has 0 bridgehead atoms. The van der Waals surface area contributed by atoms with E-state index in [2.05, 4.69) is 4.98 Å². The zero-order valence-electron chi connectivity index (χ0n) is 10.3. The van der Waals surface area contributed by atoms with Crippen LogP contribution in [0, 0.1) is 6.92 Å². The quantitative estimate of drug-likeness (QED) is 0.839. The highest BCUT2D eigenvalue weighted by Gasteiger charge is 2.15. The van der Waals surface area contributed by atoms with Gasteiger partial charge >= 0.3 is 5.97 Å². The molecule has 1 heterocycles. The minimum absolute atomic E-state index is 0.234. The predicted octanol–water partition coefficient (Wildman–Crippen LogP) is 0.984. The zero-order valence-corrected chi connectivity index (χ0v) is 10.3. The molecule has 2 aromatic rings. The Bertz CT molecular complexity index is 579. The van der Waals surface area contributed by atoms with Gasteiger partial charge in [-0.2, -0.15) is 0 Å². The van der Waals surface area contributed by atoms with Crippen molar-refractivity contribution in [3.05, 3.63) is 24.1 Å². The second-order valence-corrected chi connectivity index (χ2v) is 4.21. The number of carboxylic acids is 1. The molecule has 1 aromatic carbocycles. The maximum atomic E-state index is 10.7. The standard InChI is InChI=1S/C12H15N3O3/c1-7-14-10-5-8(3-4-11(10)18-7)15(2)6-9(13)12(16)17/h3-5,9H,6,13H2,1-2H3,(H,16,17). The molecule has 18 heavy (non-hydrogen) atoms. The van der Waals surface area contributed by atoms with Gasteiger partial charge < -0.3 is 20.2 Å². The fraction of sp³-hybridized carbons (Fsp3) is 0.333. The summed E-state index contributed by atoms with van der Waals surface area (Å²) in [7, 11) is 1.79. The Morgan fingerprint density at radius 1 is 1.61 bits per heavy atom. The van der Waals surface area contributed by atoms with Crippen molar-refractivity contribution in [3.63, 3.8) is 0 Å². The van der Waals surface area contributed by atoms with E-state index in [1.165, 1.54) is 0 Å². The van der Waals surface area contributed by atoms with Gasteiger partial charge in [-0.05, 0) is 18.2 Å². The average Bonchev–Trinajstić information content (AvgIpc) is 2.67. The number of benzene rings is 1. The lowest BCUT2D eigenvalue weighted by molar-refractivity contribution is -0.138. The highest BCUT2D eigenvalue weighted by atomic mass is 16.4. The fourth-order valence-corrected chi connectivity index (χ4v) is 1.75. The molecule has 6 nitrogen and oxygen atoms in total. The number of carbonyl (C=O) groups is 1. The van der Waals surface area contributed by atoms with Gasteiger partial charge in [-0.15, -0.1) is 0 Å². The summed E-state index contributed by atoms with van der Waals surface area (Å²) in [5, 5.41) is 8.77. The first-order valence-corrected chi connectivity index (χ1v) is 5.54. The maximum Gasteiger partial charge on any atom is 0.322 e. The van der Waals surface area contributed by atoms with Gasteiger partial charge in [0.25, 0.3) is 0 Å². The van der Waals surface area contributed by atoms with Crippen molar-refractivity contribution >= 4 is 22.8 Å². The Balaban J connectivity index is 2.22. The molecule has 1 atom stereocenters. The molecule has 0 aliphatic rings. The summed E-state index contributed by atoms with van der Waals surface area (Å²) in [6, 6.07) is 4.60. The number of nitrogens with two attached hydrogens (primary N) is 1. The zero-order chi connectivity index (χ0) is 13.3. The second kappa shape index (κ2) is 4.66. The van der Waals surface area contributed by atoms with Gasteiger partial charge in [-0.3, -0.25) is 4.79 Å². The third-order valence-electron chi connectivity index (χ3n) is 2.71. The highest BCUT2D eigenvalue weighted by molar-refractivity contribution is 5.78. The number of likely N-dealkylation sites (N-methyl/N-ethyl adjacent to an activating group) is 1. The molecule has 96 valence electrons. The molecule has 6 heteroatoms. The third-order valence-corrected chi connectivity index (χ3v) is 2.71. The lowest BCUT2D eigenvalue weighted by Crippen LogP contribution is -2.41. The lowest BCUT2D eigenvalue weighted by atomic mass is 10.2. The van der Waals surface area contributed by atoms with Crippen LogP contribution in [0.5, 0.6) is 0 Å². The van der Waals surface area contributed by atoms with Crippen LogP contribution < -0.4 is 10.6 Å². The number of aliphatic carboxylic acids is 1. The molecular weight excluding hydrogens is 234 g/mol. The van der Waals surface area contributed by atoms with Crippen LogP contribution in [0.4, 0.5) is 5.69 Å². The highest BCUT2D eigenvalue weighted by Crippen LogP contribution is 2.21. The summed E-state index contributed by atoms with van der Waals surface area (Å²) in [5.74, 6) is -0.410. The van der Waals surface area contributed by atoms with Crippen LogP contribution >= 0.6 is 0 Å². The van der Waals surface area contributed by atoms with Crippen molar-refractivity contribution in [1.82, 2.24) is 4.98 Å². The minimum Gasteiger partial charge on any atom is -0.480 e. The van der Waals surface area contributed by atoms with Crippen LogP contribution in [0.2, 0.25) is 0 Å². The fourth-order valence-electron chi connectivity index (χ4n) is 1.75. The minimum atomic E-state index is -1.01. The topological polar surface area (TPSA) is 92.6 Å². The number of fused-ring (bicyclic) bond motifs is 1. The van der Waals surface area contributed by atoms with E-state index in [0.29, 0.717) is 11.5 Å². The van der Waals surface area contributed by atoms with Crippen LogP contribution in [-0.4, -0.2) is 35.7 Å². The van der Waals surface area contributed by atoms with E-state index in [1.54, 1.807) is 18.9 Å². The molecule has 0 spiro atoms. The van der Waals surface area contributed by atoms with Gasteiger partial charge in [0, 0.05) is 26.2 Å². The number of carboxylic acid groups (broad SMARTS) is 1. The summed E-state index contributed by atoms with van der Waals surface area (Å²) < 4.78 is 5.37. The molecule has 2 rings (SSSR count). The van der Waals surface area contributed by atoms with E-state index < -0.39 is 12.0 Å². The Morgan fingerprint density at radius 2 is 2.33 bits per heavy atom. The Kier molecular flexibility index (Phi) is 3.20. The van der Waals surface area contributed by atoms with Gasteiger partial charge in [-0.1, -0.05) is 0 Å². The Morgan fingerprint density at radius 3 is 3.00 bits per heavy atom. The van der Waals surface area contributed by atoms with Crippen molar-refractivity contribution in [2.24, 2.45) is 5.73 Å². The first kappa shape index (κ1) is 12.4. The van der Waals surface area contributed by atoms with Crippen LogP contribution in [-0.2, 0) is 4.79 Å². The van der Waals surface area contributed by atoms with Crippen LogP contribution in [0.25, 0.3) is 11.1 Å². The number of hydrogen-bond donors (Lipinski definition) is 2. The van der Waals surface area contributed by atoms with Crippen molar-refractivity contribution in [2.45, 2.75) is 13.0 Å². The predicted molar refractivity (Wildman–Crippen MR) is 67.6 cm³/mol. The summed E-state index contributed by atoms with van der Waals surface area (Å²) in [6.07, 6.45) is 0. The number of oxazole rings is 1. The van der Waals surface area contributed by atoms with Crippen molar-refractivity contribution in [2.75, 3.05) is 18.5 Å².